The van der Waals surface area contributed by atoms with E-state index in [-0.39, 0.29) is 0 Å². The van der Waals surface area contributed by atoms with Crippen LogP contribution >= 0.6 is 23.2 Å². The maximum Gasteiger partial charge on any atom is 0.156 e. The van der Waals surface area contributed by atoms with Gasteiger partial charge in [-0.1, -0.05) is 29.3 Å². The van der Waals surface area contributed by atoms with Gasteiger partial charge >= 0.3 is 0 Å². The van der Waals surface area contributed by atoms with Crippen LogP contribution in [0.3, 0.4) is 0 Å². The number of hydrogen-bond donors (Lipinski definition) is 1. The van der Waals surface area contributed by atoms with Gasteiger partial charge in [0.1, 0.15) is 6.61 Å². The second-order valence-electron chi connectivity index (χ2n) is 3.35. The maximum atomic E-state index is 5.96. The van der Waals surface area contributed by atoms with Crippen LogP contribution in [0.4, 0.5) is 0 Å². The molecular formula is C12H17Cl2NO2. The lowest BCUT2D eigenvalue weighted by Crippen LogP contribution is -2.25. The largest absolute Gasteiger partial charge is 0.489 e. The standard InChI is InChI=1S/C12H17Cl2NO2/c1-2-16-8-6-15-7-9-17-12-10(13)4-3-5-11(12)14/h3-5,15H,2,6-9H2,1H3. The van der Waals surface area contributed by atoms with E-state index < -0.39 is 0 Å². The Morgan fingerprint density at radius 1 is 1.12 bits per heavy atom. The van der Waals surface area contributed by atoms with Crippen molar-refractivity contribution in [1.82, 2.24) is 5.32 Å². The van der Waals surface area contributed by atoms with Crippen molar-refractivity contribution < 1.29 is 9.47 Å². The molecule has 3 nitrogen and oxygen atoms in total. The molecule has 0 saturated carbocycles. The Kier molecular flexibility index (Phi) is 7.37. The summed E-state index contributed by atoms with van der Waals surface area (Å²) in [5.74, 6) is 0.544. The summed E-state index contributed by atoms with van der Waals surface area (Å²) < 4.78 is 10.7. The van der Waals surface area contributed by atoms with Crippen molar-refractivity contribution in [1.29, 1.82) is 0 Å². The average molecular weight is 278 g/mol. The van der Waals surface area contributed by atoms with Crippen molar-refractivity contribution >= 4 is 23.2 Å². The van der Waals surface area contributed by atoms with Crippen LogP contribution in [0.15, 0.2) is 18.2 Å². The van der Waals surface area contributed by atoms with Crippen LogP contribution in [0.2, 0.25) is 10.0 Å². The molecule has 0 unspecified atom stereocenters. The molecule has 0 amide bonds. The topological polar surface area (TPSA) is 30.5 Å². The zero-order chi connectivity index (χ0) is 12.5. The molecule has 0 aromatic heterocycles. The fraction of sp³-hybridized carbons (Fsp3) is 0.500. The third kappa shape index (κ3) is 5.59. The van der Waals surface area contributed by atoms with Crippen LogP contribution in [0.25, 0.3) is 0 Å². The highest BCUT2D eigenvalue weighted by molar-refractivity contribution is 6.37. The van der Waals surface area contributed by atoms with Crippen LogP contribution < -0.4 is 10.1 Å². The lowest BCUT2D eigenvalue weighted by molar-refractivity contribution is 0.148. The number of para-hydroxylation sites is 1. The van der Waals surface area contributed by atoms with E-state index in [9.17, 15) is 0 Å². The van der Waals surface area contributed by atoms with Gasteiger partial charge in [-0.25, -0.2) is 0 Å². The van der Waals surface area contributed by atoms with Gasteiger partial charge in [0.05, 0.1) is 16.7 Å². The first-order chi connectivity index (χ1) is 8.25. The number of hydrogen-bond acceptors (Lipinski definition) is 3. The van der Waals surface area contributed by atoms with E-state index in [2.05, 4.69) is 5.32 Å². The van der Waals surface area contributed by atoms with Gasteiger partial charge < -0.3 is 14.8 Å². The summed E-state index contributed by atoms with van der Waals surface area (Å²) in [6.45, 7) is 5.50. The van der Waals surface area contributed by atoms with Gasteiger partial charge in [-0.3, -0.25) is 0 Å². The molecule has 0 atom stereocenters. The van der Waals surface area contributed by atoms with Crippen LogP contribution in [0.1, 0.15) is 6.92 Å². The van der Waals surface area contributed by atoms with E-state index in [0.29, 0.717) is 29.0 Å². The normalized spacial score (nSPS) is 10.5. The summed E-state index contributed by atoms with van der Waals surface area (Å²) >= 11 is 11.9. The molecular weight excluding hydrogens is 261 g/mol. The number of halogens is 2. The van der Waals surface area contributed by atoms with Gasteiger partial charge in [0.15, 0.2) is 5.75 Å². The predicted molar refractivity (Wildman–Crippen MR) is 71.3 cm³/mol. The summed E-state index contributed by atoms with van der Waals surface area (Å²) in [5, 5.41) is 4.26. The molecule has 0 aliphatic heterocycles. The average Bonchev–Trinajstić information content (AvgIpc) is 2.31. The highest BCUT2D eigenvalue weighted by Crippen LogP contribution is 2.31. The Labute approximate surface area is 112 Å². The minimum Gasteiger partial charge on any atom is -0.489 e. The summed E-state index contributed by atoms with van der Waals surface area (Å²) in [4.78, 5) is 0. The van der Waals surface area contributed by atoms with Gasteiger partial charge in [-0.2, -0.15) is 0 Å². The molecule has 0 aliphatic carbocycles. The van der Waals surface area contributed by atoms with Crippen molar-refractivity contribution in [2.75, 3.05) is 32.9 Å². The quantitative estimate of drug-likeness (QED) is 0.741. The Morgan fingerprint density at radius 3 is 2.41 bits per heavy atom. The van der Waals surface area contributed by atoms with E-state index in [1.165, 1.54) is 0 Å². The van der Waals surface area contributed by atoms with Crippen molar-refractivity contribution in [3.8, 4) is 5.75 Å². The van der Waals surface area contributed by atoms with Crippen molar-refractivity contribution in [2.24, 2.45) is 0 Å². The number of ether oxygens (including phenoxy) is 2. The molecule has 0 bridgehead atoms. The van der Waals surface area contributed by atoms with E-state index in [0.717, 1.165) is 19.7 Å². The lowest BCUT2D eigenvalue weighted by Gasteiger charge is -2.10. The summed E-state index contributed by atoms with van der Waals surface area (Å²) in [6, 6.07) is 5.30. The van der Waals surface area contributed by atoms with Gasteiger partial charge in [-0.15, -0.1) is 0 Å². The monoisotopic (exact) mass is 277 g/mol. The molecule has 0 radical (unpaired) electrons. The molecule has 0 saturated heterocycles. The molecule has 17 heavy (non-hydrogen) atoms. The molecule has 1 N–H and O–H groups in total. The zero-order valence-corrected chi connectivity index (χ0v) is 11.4. The molecule has 0 heterocycles. The number of nitrogens with one attached hydrogen (secondary N) is 1. The minimum atomic E-state index is 0.523. The highest BCUT2D eigenvalue weighted by Gasteiger charge is 2.05. The summed E-state index contributed by atoms with van der Waals surface area (Å²) in [7, 11) is 0. The first-order valence-corrected chi connectivity index (χ1v) is 6.36. The SMILES string of the molecule is CCOCCNCCOc1c(Cl)cccc1Cl. The predicted octanol–water partition coefficient (Wildman–Crippen LogP) is 3.00. The smallest absolute Gasteiger partial charge is 0.156 e. The maximum absolute atomic E-state index is 5.96. The molecule has 1 aromatic rings. The lowest BCUT2D eigenvalue weighted by atomic mass is 10.3. The van der Waals surface area contributed by atoms with Gasteiger partial charge in [0, 0.05) is 19.7 Å². The van der Waals surface area contributed by atoms with Gasteiger partial charge in [0.25, 0.3) is 0 Å². The number of benzene rings is 1. The van der Waals surface area contributed by atoms with E-state index in [1.54, 1.807) is 18.2 Å². The van der Waals surface area contributed by atoms with E-state index >= 15 is 0 Å². The van der Waals surface area contributed by atoms with Crippen LogP contribution in [-0.2, 0) is 4.74 Å². The van der Waals surface area contributed by atoms with Crippen LogP contribution in [-0.4, -0.2) is 32.9 Å². The Balaban J connectivity index is 2.18. The minimum absolute atomic E-state index is 0.523. The Morgan fingerprint density at radius 2 is 1.76 bits per heavy atom. The fourth-order valence-electron chi connectivity index (χ4n) is 1.26. The molecule has 1 aromatic carbocycles. The van der Waals surface area contributed by atoms with Gasteiger partial charge in [0.2, 0.25) is 0 Å². The first kappa shape index (κ1) is 14.6. The Bertz CT molecular complexity index is 314. The zero-order valence-electron chi connectivity index (χ0n) is 9.84. The van der Waals surface area contributed by atoms with Crippen molar-refractivity contribution in [3.63, 3.8) is 0 Å². The summed E-state index contributed by atoms with van der Waals surface area (Å²) in [5.41, 5.74) is 0. The van der Waals surface area contributed by atoms with Crippen molar-refractivity contribution in [3.05, 3.63) is 28.2 Å². The molecule has 0 aliphatic rings. The fourth-order valence-corrected chi connectivity index (χ4v) is 1.77. The Hall–Kier alpha value is -0.480. The molecule has 0 fully saturated rings. The van der Waals surface area contributed by atoms with E-state index in [4.69, 9.17) is 32.7 Å². The van der Waals surface area contributed by atoms with Crippen LogP contribution in [0.5, 0.6) is 5.75 Å². The molecule has 96 valence electrons. The highest BCUT2D eigenvalue weighted by atomic mass is 35.5. The van der Waals surface area contributed by atoms with Crippen LogP contribution in [0, 0.1) is 0 Å². The first-order valence-electron chi connectivity index (χ1n) is 5.61. The van der Waals surface area contributed by atoms with Gasteiger partial charge in [-0.05, 0) is 19.1 Å². The second-order valence-corrected chi connectivity index (χ2v) is 4.16. The molecule has 1 rings (SSSR count). The van der Waals surface area contributed by atoms with E-state index in [1.807, 2.05) is 6.92 Å². The third-order valence-corrected chi connectivity index (χ3v) is 2.67. The third-order valence-electron chi connectivity index (χ3n) is 2.07. The molecule has 0 spiro atoms. The summed E-state index contributed by atoms with van der Waals surface area (Å²) in [6.07, 6.45) is 0. The number of rotatable bonds is 8. The second kappa shape index (κ2) is 8.59. The molecule has 5 heteroatoms. The van der Waals surface area contributed by atoms with Crippen molar-refractivity contribution in [2.45, 2.75) is 6.92 Å².